The van der Waals surface area contributed by atoms with Gasteiger partial charge < -0.3 is 37.7 Å². The van der Waals surface area contributed by atoms with E-state index in [0.717, 1.165) is 67.0 Å². The zero-order valence-electron chi connectivity index (χ0n) is 33.1. The molecule has 3 aromatic carbocycles. The Balaban J connectivity index is 1.48. The molecule has 1 aliphatic heterocycles. The van der Waals surface area contributed by atoms with E-state index in [1.165, 1.54) is 11.8 Å². The van der Waals surface area contributed by atoms with Crippen molar-refractivity contribution in [1.82, 2.24) is 25.5 Å². The summed E-state index contributed by atoms with van der Waals surface area (Å²) >= 11 is 8.51. The average Bonchev–Trinajstić information content (AvgIpc) is 3.65. The van der Waals surface area contributed by atoms with Crippen LogP contribution in [0.2, 0.25) is 5.02 Å². The van der Waals surface area contributed by atoms with E-state index in [9.17, 15) is 14.4 Å². The smallest absolute Gasteiger partial charge is 0.243 e. The highest BCUT2D eigenvalue weighted by Crippen LogP contribution is 2.41. The van der Waals surface area contributed by atoms with Gasteiger partial charge in [-0.05, 0) is 103 Å². The molecule has 0 aliphatic carbocycles. The Labute approximate surface area is 350 Å². The van der Waals surface area contributed by atoms with Crippen molar-refractivity contribution in [3.63, 3.8) is 0 Å². The summed E-state index contributed by atoms with van der Waals surface area (Å²) in [5, 5.41) is 8.96. The number of H-pyrrole nitrogens is 1. The first kappa shape index (κ1) is 43.0. The molecule has 0 saturated carbocycles. The molecule has 306 valence electrons. The monoisotopic (exact) mass is 822 g/mol. The molecule has 0 fully saturated rings. The number of para-hydroxylation sites is 1. The molecule has 3 heterocycles. The Morgan fingerprint density at radius 1 is 0.897 bits per heavy atom. The Hall–Kier alpha value is -4.56. The summed E-state index contributed by atoms with van der Waals surface area (Å²) in [5.74, 6) is -1.28. The fraction of sp³-hybridized carbons (Fsp3) is 0.378. The van der Waals surface area contributed by atoms with E-state index in [1.54, 1.807) is 18.1 Å². The van der Waals surface area contributed by atoms with Gasteiger partial charge >= 0.3 is 0 Å². The molecule has 6 rings (SSSR count). The number of likely N-dealkylation sites (N-methyl/N-ethyl adjacent to an activating group) is 1. The van der Waals surface area contributed by atoms with Gasteiger partial charge in [-0.15, -0.1) is 0 Å². The summed E-state index contributed by atoms with van der Waals surface area (Å²) in [4.78, 5) is 54.1. The molecule has 0 radical (unpaired) electrons. The number of unbranched alkanes of at least 4 members (excludes halogenated alkanes) is 1. The van der Waals surface area contributed by atoms with Crippen LogP contribution in [-0.2, 0) is 40.3 Å². The van der Waals surface area contributed by atoms with Gasteiger partial charge in [-0.2, -0.15) is 0 Å². The fourth-order valence-electron chi connectivity index (χ4n) is 7.78. The Kier molecular flexibility index (Phi) is 15.5. The number of benzene rings is 3. The Bertz CT molecular complexity index is 2190. The highest BCUT2D eigenvalue weighted by molar-refractivity contribution is 7.99. The minimum Gasteiger partial charge on any atom is -0.361 e. The molecule has 0 spiro atoms. The van der Waals surface area contributed by atoms with Crippen LogP contribution in [0.3, 0.4) is 0 Å². The van der Waals surface area contributed by atoms with Gasteiger partial charge in [0.2, 0.25) is 11.8 Å². The predicted octanol–water partition coefficient (Wildman–Crippen LogP) is 6.14. The molecule has 2 amide bonds. The molecule has 3 atom stereocenters. The van der Waals surface area contributed by atoms with Crippen LogP contribution in [0.5, 0.6) is 0 Å². The Morgan fingerprint density at radius 3 is 2.53 bits per heavy atom. The number of ketones is 1. The standard InChI is InChI=1S/C45H55ClN8O3S/c1-54-40(24-33-27-51-38-14-3-2-13-35(33)38)43(56)53-28-36-34(30-11-6-9-29(23-30)18-21-49)16-17-37(46)42(36)58-44-32(12-8-22-50-44)26-52-39(15-7-20-48)41(55)25-31(45(54)57)10-4-5-19-47/h2-3,6,8-9,11-14,16-17,22-23,27,31,39-40,51-52H,4-5,7,10,15,18-21,24-26,28,47-49H2,1H3,(H,53,56)/t31-,39+,40+/m1/s1. The SMILES string of the molecule is CN1C(=O)[C@H](CCCCN)CC(=O)[C@H](CCCN)NCc2cccnc2Sc2c(Cl)ccc(-c3cccc(CCN)c3)c2CNC(=O)[C@@H]1Cc1c[nH]c2ccccc12. The molecule has 58 heavy (non-hydrogen) atoms. The first-order chi connectivity index (χ1) is 28.2. The van der Waals surface area contributed by atoms with Crippen LogP contribution in [-0.4, -0.2) is 71.2 Å². The molecule has 0 saturated heterocycles. The summed E-state index contributed by atoms with van der Waals surface area (Å²) in [6.07, 6.45) is 7.66. The summed E-state index contributed by atoms with van der Waals surface area (Å²) in [6.45, 7) is 1.91. The van der Waals surface area contributed by atoms with Gasteiger partial charge in [0.15, 0.2) is 5.78 Å². The number of carbonyl (C=O) groups is 3. The number of aromatic nitrogens is 2. The van der Waals surface area contributed by atoms with E-state index in [1.807, 2.05) is 66.9 Å². The number of carbonyl (C=O) groups excluding carboxylic acids is 3. The van der Waals surface area contributed by atoms with Gasteiger partial charge in [-0.25, -0.2) is 4.98 Å². The number of nitrogens with zero attached hydrogens (tertiary/aromatic N) is 2. The Morgan fingerprint density at radius 2 is 1.72 bits per heavy atom. The number of halogens is 1. The number of Topliss-reactive ketones (excluding diaryl/α,β-unsaturated/α-hetero) is 1. The van der Waals surface area contributed by atoms with Gasteiger partial charge in [0.1, 0.15) is 11.1 Å². The number of aromatic amines is 1. The maximum atomic E-state index is 14.8. The lowest BCUT2D eigenvalue weighted by molar-refractivity contribution is -0.143. The number of nitrogens with one attached hydrogen (secondary N) is 3. The van der Waals surface area contributed by atoms with Gasteiger partial charge in [0, 0.05) is 67.1 Å². The summed E-state index contributed by atoms with van der Waals surface area (Å²) < 4.78 is 0. The lowest BCUT2D eigenvalue weighted by Crippen LogP contribution is -2.51. The van der Waals surface area contributed by atoms with Gasteiger partial charge in [0.25, 0.3) is 0 Å². The third-order valence-corrected chi connectivity index (χ3v) is 12.7. The quantitative estimate of drug-likeness (QED) is 0.0805. The van der Waals surface area contributed by atoms with Crippen LogP contribution in [0.1, 0.15) is 60.8 Å². The first-order valence-corrected chi connectivity index (χ1v) is 21.4. The summed E-state index contributed by atoms with van der Waals surface area (Å²) in [6, 6.07) is 22.4. The topological polar surface area (TPSA) is 185 Å². The van der Waals surface area contributed by atoms with Crippen molar-refractivity contribution in [3.8, 4) is 11.1 Å². The molecule has 2 aromatic heterocycles. The van der Waals surface area contributed by atoms with E-state index in [0.29, 0.717) is 56.9 Å². The largest absolute Gasteiger partial charge is 0.361 e. The number of rotatable bonds is 12. The van der Waals surface area contributed by atoms with Crippen LogP contribution >= 0.6 is 23.4 Å². The minimum absolute atomic E-state index is 0.0275. The zero-order chi connectivity index (χ0) is 41.0. The van der Waals surface area contributed by atoms with Crippen molar-refractivity contribution in [2.24, 2.45) is 23.1 Å². The number of hydrogen-bond donors (Lipinski definition) is 6. The average molecular weight is 824 g/mol. The highest BCUT2D eigenvalue weighted by atomic mass is 35.5. The lowest BCUT2D eigenvalue weighted by Gasteiger charge is -2.31. The van der Waals surface area contributed by atoms with E-state index >= 15 is 0 Å². The fourth-order valence-corrected chi connectivity index (χ4v) is 9.12. The summed E-state index contributed by atoms with van der Waals surface area (Å²) in [5.41, 5.74) is 24.3. The minimum atomic E-state index is -0.894. The second kappa shape index (κ2) is 20.9. The molecular formula is C45H55ClN8O3S. The lowest BCUT2D eigenvalue weighted by atomic mass is 9.90. The number of fused-ring (bicyclic) bond motifs is 3. The number of amides is 2. The van der Waals surface area contributed by atoms with E-state index < -0.39 is 18.0 Å². The predicted molar refractivity (Wildman–Crippen MR) is 233 cm³/mol. The first-order valence-electron chi connectivity index (χ1n) is 20.2. The van der Waals surface area contributed by atoms with Crippen molar-refractivity contribution in [1.29, 1.82) is 0 Å². The molecule has 1 aliphatic rings. The second-order valence-corrected chi connectivity index (χ2v) is 16.4. The van der Waals surface area contributed by atoms with Crippen LogP contribution in [0.25, 0.3) is 22.0 Å². The molecule has 0 unspecified atom stereocenters. The molecule has 5 aromatic rings. The van der Waals surface area contributed by atoms with E-state index in [2.05, 4.69) is 27.8 Å². The second-order valence-electron chi connectivity index (χ2n) is 15.0. The van der Waals surface area contributed by atoms with Crippen molar-refractivity contribution < 1.29 is 14.4 Å². The van der Waals surface area contributed by atoms with Crippen LogP contribution < -0.4 is 27.8 Å². The van der Waals surface area contributed by atoms with Crippen LogP contribution in [0.15, 0.2) is 95.1 Å². The van der Waals surface area contributed by atoms with Crippen LogP contribution in [0, 0.1) is 5.92 Å². The van der Waals surface area contributed by atoms with Gasteiger partial charge in [-0.3, -0.25) is 14.4 Å². The third kappa shape index (κ3) is 10.5. The van der Waals surface area contributed by atoms with Gasteiger partial charge in [-0.1, -0.05) is 84.4 Å². The number of hydrogen-bond acceptors (Lipinski definition) is 9. The van der Waals surface area contributed by atoms with Crippen molar-refractivity contribution in [2.75, 3.05) is 26.7 Å². The maximum absolute atomic E-state index is 14.8. The van der Waals surface area contributed by atoms with Crippen molar-refractivity contribution in [2.45, 2.75) is 86.5 Å². The number of pyridine rings is 1. The molecule has 11 nitrogen and oxygen atoms in total. The maximum Gasteiger partial charge on any atom is 0.243 e. The third-order valence-electron chi connectivity index (χ3n) is 11.0. The zero-order valence-corrected chi connectivity index (χ0v) is 34.7. The van der Waals surface area contributed by atoms with Crippen molar-refractivity contribution >= 4 is 51.9 Å². The van der Waals surface area contributed by atoms with Crippen molar-refractivity contribution in [3.05, 3.63) is 112 Å². The molecular weight excluding hydrogens is 768 g/mol. The van der Waals surface area contributed by atoms with E-state index in [-0.39, 0.29) is 37.0 Å². The van der Waals surface area contributed by atoms with Crippen LogP contribution in [0.4, 0.5) is 0 Å². The molecule has 0 bridgehead atoms. The van der Waals surface area contributed by atoms with Gasteiger partial charge in [0.05, 0.1) is 11.1 Å². The summed E-state index contributed by atoms with van der Waals surface area (Å²) in [7, 11) is 1.68. The van der Waals surface area contributed by atoms with E-state index in [4.69, 9.17) is 33.8 Å². The normalized spacial score (nSPS) is 18.5. The number of nitrogens with two attached hydrogens (primary N) is 3. The highest BCUT2D eigenvalue weighted by Gasteiger charge is 2.34. The molecule has 13 heteroatoms. The molecule has 9 N–H and O–H groups in total.